The Morgan fingerprint density at radius 1 is 1.12 bits per heavy atom. The van der Waals surface area contributed by atoms with Crippen molar-refractivity contribution in [2.75, 3.05) is 11.1 Å². The molecule has 0 spiro atoms. The largest absolute Gasteiger partial charge is 0.323 e. The standard InChI is InChI=1S/C19H20INO4S/c20-17-9-11-18(12-10-17)21-19(22)13-8-16(7-4-14-26(23,24)25)15-5-2-1-3-6-15/h1-3,5-6,8-13,16H,4,7,14H2,(H,21,22)(H,23,24,25). The van der Waals surface area contributed by atoms with Crippen LogP contribution in [0.2, 0.25) is 0 Å². The summed E-state index contributed by atoms with van der Waals surface area (Å²) in [5.74, 6) is -0.652. The van der Waals surface area contributed by atoms with Gasteiger partial charge in [0.15, 0.2) is 0 Å². The highest BCUT2D eigenvalue weighted by atomic mass is 127. The van der Waals surface area contributed by atoms with Crippen LogP contribution in [0.5, 0.6) is 0 Å². The summed E-state index contributed by atoms with van der Waals surface area (Å²) in [7, 11) is -3.98. The molecule has 2 aromatic rings. The maximum atomic E-state index is 12.1. The Balaban J connectivity index is 2.03. The lowest BCUT2D eigenvalue weighted by atomic mass is 9.94. The Hall–Kier alpha value is -1.71. The molecule has 2 N–H and O–H groups in total. The number of nitrogens with one attached hydrogen (secondary N) is 1. The Labute approximate surface area is 167 Å². The van der Waals surface area contributed by atoms with Crippen LogP contribution in [0.15, 0.2) is 66.7 Å². The second-order valence-corrected chi connectivity index (χ2v) is 8.62. The molecule has 0 aliphatic heterocycles. The van der Waals surface area contributed by atoms with Gasteiger partial charge in [0.25, 0.3) is 10.1 Å². The van der Waals surface area contributed by atoms with Crippen molar-refractivity contribution >= 4 is 44.3 Å². The monoisotopic (exact) mass is 485 g/mol. The summed E-state index contributed by atoms with van der Waals surface area (Å²) in [6.45, 7) is 0. The normalized spacial score (nSPS) is 12.8. The van der Waals surface area contributed by atoms with Crippen molar-refractivity contribution in [3.63, 3.8) is 0 Å². The molecule has 2 aromatic carbocycles. The number of carbonyl (C=O) groups is 1. The number of anilines is 1. The average molecular weight is 485 g/mol. The molecule has 0 aliphatic carbocycles. The van der Waals surface area contributed by atoms with Crippen LogP contribution in [0.1, 0.15) is 24.3 Å². The third-order valence-corrected chi connectivity index (χ3v) is 5.26. The number of carbonyl (C=O) groups excluding carboxylic acids is 1. The predicted octanol–water partition coefficient (Wildman–Crippen LogP) is 4.24. The second kappa shape index (κ2) is 9.84. The van der Waals surface area contributed by atoms with E-state index in [1.807, 2.05) is 54.6 Å². The summed E-state index contributed by atoms with van der Waals surface area (Å²) >= 11 is 2.19. The minimum Gasteiger partial charge on any atom is -0.323 e. The number of rotatable bonds is 8. The van der Waals surface area contributed by atoms with Gasteiger partial charge in [0.1, 0.15) is 0 Å². The molecule has 1 unspecified atom stereocenters. The number of allylic oxidation sites excluding steroid dienone is 1. The van der Waals surface area contributed by atoms with Gasteiger partial charge in [-0.1, -0.05) is 36.4 Å². The zero-order chi connectivity index (χ0) is 19.0. The van der Waals surface area contributed by atoms with E-state index in [4.69, 9.17) is 4.55 Å². The van der Waals surface area contributed by atoms with Gasteiger partial charge in [-0.15, -0.1) is 0 Å². The number of benzene rings is 2. The first-order chi connectivity index (χ1) is 12.3. The molecule has 0 radical (unpaired) electrons. The van der Waals surface area contributed by atoms with Gasteiger partial charge < -0.3 is 5.32 Å². The summed E-state index contributed by atoms with van der Waals surface area (Å²) in [5, 5.41) is 2.79. The molecule has 138 valence electrons. The fourth-order valence-electron chi connectivity index (χ4n) is 2.48. The summed E-state index contributed by atoms with van der Waals surface area (Å²) in [5.41, 5.74) is 1.70. The van der Waals surface area contributed by atoms with E-state index >= 15 is 0 Å². The summed E-state index contributed by atoms with van der Waals surface area (Å²) < 4.78 is 31.8. The molecule has 0 saturated heterocycles. The van der Waals surface area contributed by atoms with E-state index in [0.29, 0.717) is 18.5 Å². The van der Waals surface area contributed by atoms with Crippen molar-refractivity contribution in [1.29, 1.82) is 0 Å². The molecule has 0 aromatic heterocycles. The van der Waals surface area contributed by atoms with Gasteiger partial charge in [-0.3, -0.25) is 9.35 Å². The van der Waals surface area contributed by atoms with Gasteiger partial charge in [-0.05, 0) is 71.3 Å². The van der Waals surface area contributed by atoms with E-state index in [1.54, 1.807) is 6.08 Å². The Morgan fingerprint density at radius 2 is 1.77 bits per heavy atom. The van der Waals surface area contributed by atoms with Crippen molar-refractivity contribution < 1.29 is 17.8 Å². The quantitative estimate of drug-likeness (QED) is 0.333. The van der Waals surface area contributed by atoms with Gasteiger partial charge in [-0.2, -0.15) is 8.42 Å². The van der Waals surface area contributed by atoms with Crippen molar-refractivity contribution in [3.05, 3.63) is 75.9 Å². The highest BCUT2D eigenvalue weighted by molar-refractivity contribution is 14.1. The number of halogens is 1. The molecule has 0 saturated carbocycles. The Kier molecular flexibility index (Phi) is 7.80. The molecular formula is C19H20INO4S. The predicted molar refractivity (Wildman–Crippen MR) is 112 cm³/mol. The fraction of sp³-hybridized carbons (Fsp3) is 0.211. The van der Waals surface area contributed by atoms with Crippen LogP contribution in [-0.4, -0.2) is 24.6 Å². The van der Waals surface area contributed by atoms with Crippen LogP contribution in [-0.2, 0) is 14.9 Å². The van der Waals surface area contributed by atoms with Gasteiger partial charge in [-0.25, -0.2) is 0 Å². The molecular weight excluding hydrogens is 465 g/mol. The maximum Gasteiger partial charge on any atom is 0.264 e. The van der Waals surface area contributed by atoms with E-state index in [2.05, 4.69) is 27.9 Å². The molecule has 1 atom stereocenters. The molecule has 0 aliphatic rings. The summed E-state index contributed by atoms with van der Waals surface area (Å²) in [6.07, 6.45) is 4.04. The SMILES string of the molecule is O=C(C=CC(CCCS(=O)(=O)O)c1ccccc1)Nc1ccc(I)cc1. The van der Waals surface area contributed by atoms with Crippen molar-refractivity contribution in [2.45, 2.75) is 18.8 Å². The van der Waals surface area contributed by atoms with Crippen LogP contribution in [0.25, 0.3) is 0 Å². The highest BCUT2D eigenvalue weighted by Crippen LogP contribution is 2.23. The van der Waals surface area contributed by atoms with E-state index in [0.717, 1.165) is 9.13 Å². The first-order valence-electron chi connectivity index (χ1n) is 8.08. The summed E-state index contributed by atoms with van der Waals surface area (Å²) in [4.78, 5) is 12.1. The minimum absolute atomic E-state index is 0.111. The van der Waals surface area contributed by atoms with E-state index < -0.39 is 10.1 Å². The number of hydrogen-bond donors (Lipinski definition) is 2. The maximum absolute atomic E-state index is 12.1. The number of amides is 1. The van der Waals surface area contributed by atoms with Gasteiger partial charge in [0.2, 0.25) is 5.91 Å². The van der Waals surface area contributed by atoms with Crippen LogP contribution >= 0.6 is 22.6 Å². The number of hydrogen-bond acceptors (Lipinski definition) is 3. The fourth-order valence-corrected chi connectivity index (χ4v) is 3.37. The average Bonchev–Trinajstić information content (AvgIpc) is 2.60. The molecule has 26 heavy (non-hydrogen) atoms. The smallest absolute Gasteiger partial charge is 0.264 e. The third-order valence-electron chi connectivity index (χ3n) is 3.74. The minimum atomic E-state index is -3.98. The van der Waals surface area contributed by atoms with Crippen LogP contribution in [0, 0.1) is 3.57 Å². The first kappa shape index (κ1) is 20.6. The zero-order valence-corrected chi connectivity index (χ0v) is 17.0. The van der Waals surface area contributed by atoms with Gasteiger partial charge in [0, 0.05) is 15.2 Å². The molecule has 0 bridgehead atoms. The van der Waals surface area contributed by atoms with Crippen LogP contribution < -0.4 is 5.32 Å². The first-order valence-corrected chi connectivity index (χ1v) is 10.8. The molecule has 7 heteroatoms. The Bertz CT molecular complexity index is 849. The molecule has 0 heterocycles. The van der Waals surface area contributed by atoms with E-state index in [9.17, 15) is 13.2 Å². The molecule has 2 rings (SSSR count). The van der Waals surface area contributed by atoms with E-state index in [1.165, 1.54) is 6.08 Å². The lowest BCUT2D eigenvalue weighted by molar-refractivity contribution is -0.111. The van der Waals surface area contributed by atoms with Crippen molar-refractivity contribution in [1.82, 2.24) is 0 Å². The van der Waals surface area contributed by atoms with Crippen LogP contribution in [0.3, 0.4) is 0 Å². The van der Waals surface area contributed by atoms with Crippen molar-refractivity contribution in [2.24, 2.45) is 0 Å². The second-order valence-electron chi connectivity index (χ2n) is 5.80. The molecule has 0 fully saturated rings. The van der Waals surface area contributed by atoms with Gasteiger partial charge >= 0.3 is 0 Å². The van der Waals surface area contributed by atoms with E-state index in [-0.39, 0.29) is 17.6 Å². The van der Waals surface area contributed by atoms with Crippen LogP contribution in [0.4, 0.5) is 5.69 Å². The zero-order valence-electron chi connectivity index (χ0n) is 14.0. The highest BCUT2D eigenvalue weighted by Gasteiger charge is 2.11. The lowest BCUT2D eigenvalue weighted by Gasteiger charge is -2.13. The lowest BCUT2D eigenvalue weighted by Crippen LogP contribution is -2.09. The topological polar surface area (TPSA) is 83.5 Å². The summed E-state index contributed by atoms with van der Waals surface area (Å²) in [6, 6.07) is 17.0. The molecule has 5 nitrogen and oxygen atoms in total. The van der Waals surface area contributed by atoms with Gasteiger partial charge in [0.05, 0.1) is 5.75 Å². The third kappa shape index (κ3) is 7.67. The molecule has 1 amide bonds. The Morgan fingerprint density at radius 3 is 2.38 bits per heavy atom. The van der Waals surface area contributed by atoms with Crippen molar-refractivity contribution in [3.8, 4) is 0 Å².